The van der Waals surface area contributed by atoms with E-state index in [-0.39, 0.29) is 4.90 Å². The number of nitrogens with zero attached hydrogens (tertiary/aromatic N) is 2. The molecule has 1 fully saturated rings. The van der Waals surface area contributed by atoms with Crippen LogP contribution in [0.4, 0.5) is 5.69 Å². The van der Waals surface area contributed by atoms with E-state index in [9.17, 15) is 13.5 Å². The number of hydrogen-bond donors (Lipinski definition) is 3. The molecule has 2 heterocycles. The number of benzene rings is 2. The number of anilines is 1. The minimum Gasteiger partial charge on any atom is -0.387 e. The standard InChI is InChI=1S/C31H36N4O3S2/c36-30(26-6-3-18-32-20-26)22-33-19-17-24-7-12-27(13-8-24)35-40(37,38)29-15-10-25(11-16-29)31-34-21-28(39-31)14-9-23-4-1-2-5-23/h3,6-8,10-13,15-16,18,20-21,23,30,33,35-36H,1-2,4-5,9,14,17,19,22H2. The second-order valence-corrected chi connectivity index (χ2v) is 13.2. The van der Waals surface area contributed by atoms with E-state index in [1.807, 2.05) is 36.5 Å². The number of sulfonamides is 1. The maximum atomic E-state index is 13.0. The Balaban J connectivity index is 1.10. The molecule has 1 unspecified atom stereocenters. The molecule has 5 rings (SSSR count). The van der Waals surface area contributed by atoms with Gasteiger partial charge in [-0.1, -0.05) is 56.0 Å². The Morgan fingerprint density at radius 3 is 2.48 bits per heavy atom. The molecule has 7 nitrogen and oxygen atoms in total. The van der Waals surface area contributed by atoms with Gasteiger partial charge in [-0.3, -0.25) is 9.71 Å². The summed E-state index contributed by atoms with van der Waals surface area (Å²) >= 11 is 1.70. The number of pyridine rings is 1. The van der Waals surface area contributed by atoms with E-state index < -0.39 is 16.1 Å². The van der Waals surface area contributed by atoms with Crippen molar-refractivity contribution in [2.45, 2.75) is 55.9 Å². The van der Waals surface area contributed by atoms with Gasteiger partial charge < -0.3 is 10.4 Å². The maximum Gasteiger partial charge on any atom is 0.261 e. The van der Waals surface area contributed by atoms with E-state index in [4.69, 9.17) is 0 Å². The Morgan fingerprint density at radius 1 is 0.975 bits per heavy atom. The fourth-order valence-corrected chi connectivity index (χ4v) is 7.09. The molecule has 1 atom stereocenters. The lowest BCUT2D eigenvalue weighted by atomic mass is 10.0. The summed E-state index contributed by atoms with van der Waals surface area (Å²) in [6, 6.07) is 17.9. The number of rotatable bonds is 13. The summed E-state index contributed by atoms with van der Waals surface area (Å²) in [4.78, 5) is 10.1. The second-order valence-electron chi connectivity index (χ2n) is 10.4. The van der Waals surface area contributed by atoms with Gasteiger partial charge in [-0.25, -0.2) is 13.4 Å². The van der Waals surface area contributed by atoms with E-state index in [1.165, 1.54) is 37.0 Å². The third kappa shape index (κ3) is 7.75. The quantitative estimate of drug-likeness (QED) is 0.169. The van der Waals surface area contributed by atoms with Crippen molar-refractivity contribution in [1.82, 2.24) is 15.3 Å². The van der Waals surface area contributed by atoms with E-state index in [1.54, 1.807) is 54.1 Å². The molecule has 1 aliphatic rings. The Hall–Kier alpha value is -3.11. The van der Waals surface area contributed by atoms with Crippen LogP contribution in [-0.4, -0.2) is 36.6 Å². The highest BCUT2D eigenvalue weighted by Crippen LogP contribution is 2.32. The van der Waals surface area contributed by atoms with Crippen molar-refractivity contribution in [2.24, 2.45) is 5.92 Å². The van der Waals surface area contributed by atoms with Crippen molar-refractivity contribution in [3.05, 3.63) is 95.3 Å². The molecular weight excluding hydrogens is 541 g/mol. The first kappa shape index (κ1) is 28.4. The lowest BCUT2D eigenvalue weighted by molar-refractivity contribution is 0.174. The molecule has 2 aromatic carbocycles. The SMILES string of the molecule is O=S(=O)(Nc1ccc(CCNCC(O)c2cccnc2)cc1)c1ccc(-c2ncc(CCC3CCCC3)s2)cc1. The maximum absolute atomic E-state index is 13.0. The van der Waals surface area contributed by atoms with Gasteiger partial charge in [0.1, 0.15) is 5.01 Å². The lowest BCUT2D eigenvalue weighted by Gasteiger charge is -2.12. The third-order valence-corrected chi connectivity index (χ3v) is 9.95. The molecular formula is C31H36N4O3S2. The highest BCUT2D eigenvalue weighted by Gasteiger charge is 2.17. The van der Waals surface area contributed by atoms with Gasteiger partial charge in [0, 0.05) is 46.8 Å². The minimum absolute atomic E-state index is 0.217. The van der Waals surface area contributed by atoms with Crippen LogP contribution in [0.15, 0.2) is 84.1 Å². The summed E-state index contributed by atoms with van der Waals surface area (Å²) in [6.45, 7) is 1.13. The van der Waals surface area contributed by atoms with E-state index in [2.05, 4.69) is 20.0 Å². The van der Waals surface area contributed by atoms with Crippen LogP contribution in [0, 0.1) is 5.92 Å². The van der Waals surface area contributed by atoms with Gasteiger partial charge in [0.05, 0.1) is 11.0 Å². The predicted molar refractivity (Wildman–Crippen MR) is 161 cm³/mol. The predicted octanol–water partition coefficient (Wildman–Crippen LogP) is 5.99. The van der Waals surface area contributed by atoms with Crippen molar-refractivity contribution in [3.8, 4) is 10.6 Å². The zero-order chi connectivity index (χ0) is 27.8. The molecule has 9 heteroatoms. The smallest absolute Gasteiger partial charge is 0.261 e. The summed E-state index contributed by atoms with van der Waals surface area (Å²) < 4.78 is 28.6. The van der Waals surface area contributed by atoms with Crippen LogP contribution in [0.2, 0.25) is 0 Å². The number of nitrogens with one attached hydrogen (secondary N) is 2. The first-order valence-electron chi connectivity index (χ1n) is 13.9. The number of hydrogen-bond acceptors (Lipinski definition) is 7. The summed E-state index contributed by atoms with van der Waals surface area (Å²) in [6.07, 6.45) is 13.2. The van der Waals surface area contributed by atoms with Gasteiger partial charge >= 0.3 is 0 Å². The molecule has 0 amide bonds. The van der Waals surface area contributed by atoms with Gasteiger partial charge in [-0.2, -0.15) is 0 Å². The zero-order valence-electron chi connectivity index (χ0n) is 22.5. The fraction of sp³-hybridized carbons (Fsp3) is 0.355. The van der Waals surface area contributed by atoms with Crippen molar-refractivity contribution >= 4 is 27.0 Å². The van der Waals surface area contributed by atoms with Gasteiger partial charge in [0.15, 0.2) is 0 Å². The fourth-order valence-electron chi connectivity index (χ4n) is 5.09. The molecule has 2 aromatic heterocycles. The summed E-state index contributed by atoms with van der Waals surface area (Å²) in [5, 5.41) is 14.4. The third-order valence-electron chi connectivity index (χ3n) is 7.44. The summed E-state index contributed by atoms with van der Waals surface area (Å²) in [5.41, 5.74) is 3.30. The second kappa shape index (κ2) is 13.5. The molecule has 0 spiro atoms. The molecule has 0 radical (unpaired) electrons. The van der Waals surface area contributed by atoms with E-state index in [0.29, 0.717) is 18.8 Å². The van der Waals surface area contributed by atoms with Crippen LogP contribution in [0.25, 0.3) is 10.6 Å². The van der Waals surface area contributed by atoms with Gasteiger partial charge in [0.2, 0.25) is 0 Å². The number of thiazole rings is 1. The Kier molecular flexibility index (Phi) is 9.59. The van der Waals surface area contributed by atoms with Crippen molar-refractivity contribution in [1.29, 1.82) is 0 Å². The van der Waals surface area contributed by atoms with Gasteiger partial charge in [-0.15, -0.1) is 11.3 Å². The average molecular weight is 577 g/mol. The molecule has 0 aliphatic heterocycles. The highest BCUT2D eigenvalue weighted by molar-refractivity contribution is 7.92. The van der Waals surface area contributed by atoms with Crippen LogP contribution in [-0.2, 0) is 22.9 Å². The normalized spacial score (nSPS) is 14.8. The Morgan fingerprint density at radius 2 is 1.75 bits per heavy atom. The Bertz CT molecular complexity index is 1450. The average Bonchev–Trinajstić information content (AvgIpc) is 3.68. The van der Waals surface area contributed by atoms with Crippen LogP contribution >= 0.6 is 11.3 Å². The molecule has 4 aromatic rings. The molecule has 210 valence electrons. The molecule has 40 heavy (non-hydrogen) atoms. The first-order chi connectivity index (χ1) is 19.5. The molecule has 0 bridgehead atoms. The number of aromatic nitrogens is 2. The number of aliphatic hydroxyl groups is 1. The van der Waals surface area contributed by atoms with E-state index in [0.717, 1.165) is 40.5 Å². The summed E-state index contributed by atoms with van der Waals surface area (Å²) in [7, 11) is -3.71. The van der Waals surface area contributed by atoms with Crippen LogP contribution in [0.5, 0.6) is 0 Å². The lowest BCUT2D eigenvalue weighted by Crippen LogP contribution is -2.23. The molecule has 0 saturated heterocycles. The monoisotopic (exact) mass is 576 g/mol. The van der Waals surface area contributed by atoms with Gasteiger partial charge in [0.25, 0.3) is 10.0 Å². The molecule has 1 saturated carbocycles. The minimum atomic E-state index is -3.71. The van der Waals surface area contributed by atoms with Crippen molar-refractivity contribution in [2.75, 3.05) is 17.8 Å². The number of aliphatic hydroxyl groups excluding tert-OH is 1. The van der Waals surface area contributed by atoms with Crippen LogP contribution in [0.3, 0.4) is 0 Å². The topological polar surface area (TPSA) is 104 Å². The highest BCUT2D eigenvalue weighted by atomic mass is 32.2. The van der Waals surface area contributed by atoms with Crippen molar-refractivity contribution < 1.29 is 13.5 Å². The molecule has 3 N–H and O–H groups in total. The number of aryl methyl sites for hydroxylation is 1. The van der Waals surface area contributed by atoms with Crippen LogP contribution in [0.1, 0.15) is 54.2 Å². The zero-order valence-corrected chi connectivity index (χ0v) is 24.1. The molecule has 1 aliphatic carbocycles. The Labute approximate surface area is 240 Å². The van der Waals surface area contributed by atoms with Gasteiger partial charge in [-0.05, 0) is 67.6 Å². The largest absolute Gasteiger partial charge is 0.387 e. The van der Waals surface area contributed by atoms with E-state index >= 15 is 0 Å². The summed E-state index contributed by atoms with van der Waals surface area (Å²) in [5.74, 6) is 0.860. The van der Waals surface area contributed by atoms with Crippen molar-refractivity contribution in [3.63, 3.8) is 0 Å². The van der Waals surface area contributed by atoms with Crippen LogP contribution < -0.4 is 10.0 Å². The first-order valence-corrected chi connectivity index (χ1v) is 16.2.